The number of thioether (sulfide) groups is 1. The Bertz CT molecular complexity index is 837. The Morgan fingerprint density at radius 2 is 1.70 bits per heavy atom. The summed E-state index contributed by atoms with van der Waals surface area (Å²) in [5.41, 5.74) is 1.94. The molecule has 0 aromatic heterocycles. The van der Waals surface area contributed by atoms with Crippen molar-refractivity contribution in [1.29, 1.82) is 0 Å². The molecule has 0 saturated heterocycles. The van der Waals surface area contributed by atoms with Crippen LogP contribution in [0.4, 0.5) is 0 Å². The Morgan fingerprint density at radius 3 is 2.30 bits per heavy atom. The molecule has 0 saturated carbocycles. The lowest BCUT2D eigenvalue weighted by atomic mass is 10.1. The highest BCUT2D eigenvalue weighted by molar-refractivity contribution is 7.98. The number of carbonyl (C=O) groups excluding carboxylic acids is 1. The molecule has 7 heteroatoms. The van der Waals surface area contributed by atoms with Gasteiger partial charge in [0, 0.05) is 0 Å². The lowest BCUT2D eigenvalue weighted by Crippen LogP contribution is -2.47. The molecule has 2 atom stereocenters. The maximum atomic E-state index is 12.7. The second kappa shape index (κ2) is 9.92. The van der Waals surface area contributed by atoms with Crippen LogP contribution in [0.2, 0.25) is 0 Å². The minimum Gasteiger partial charge on any atom is -0.348 e. The quantitative estimate of drug-likeness (QED) is 0.670. The zero-order valence-electron chi connectivity index (χ0n) is 15.8. The van der Waals surface area contributed by atoms with Gasteiger partial charge in [-0.3, -0.25) is 4.79 Å². The van der Waals surface area contributed by atoms with Gasteiger partial charge < -0.3 is 5.32 Å². The second-order valence-electron chi connectivity index (χ2n) is 6.41. The number of nitrogens with one attached hydrogen (secondary N) is 2. The molecule has 0 fully saturated rings. The van der Waals surface area contributed by atoms with Crippen LogP contribution in [-0.4, -0.2) is 32.4 Å². The van der Waals surface area contributed by atoms with E-state index in [1.165, 1.54) is 0 Å². The van der Waals surface area contributed by atoms with Crippen molar-refractivity contribution in [3.63, 3.8) is 0 Å². The van der Waals surface area contributed by atoms with Crippen molar-refractivity contribution >= 4 is 27.7 Å². The van der Waals surface area contributed by atoms with E-state index >= 15 is 0 Å². The normalized spacial score (nSPS) is 13.7. The molecule has 27 heavy (non-hydrogen) atoms. The van der Waals surface area contributed by atoms with Crippen molar-refractivity contribution in [2.45, 2.75) is 37.2 Å². The van der Waals surface area contributed by atoms with Gasteiger partial charge in [-0.2, -0.15) is 16.5 Å². The number of sulfonamides is 1. The highest BCUT2D eigenvalue weighted by Gasteiger charge is 2.26. The molecule has 0 radical (unpaired) electrons. The fraction of sp³-hybridized carbons (Fsp3) is 0.350. The van der Waals surface area contributed by atoms with Gasteiger partial charge in [-0.1, -0.05) is 48.0 Å². The van der Waals surface area contributed by atoms with Crippen LogP contribution in [0.5, 0.6) is 0 Å². The number of hydrogen-bond donors (Lipinski definition) is 2. The number of amides is 1. The third kappa shape index (κ3) is 6.37. The Balaban J connectivity index is 2.13. The molecule has 146 valence electrons. The predicted molar refractivity (Wildman–Crippen MR) is 111 cm³/mol. The van der Waals surface area contributed by atoms with Crippen LogP contribution in [0.1, 0.15) is 30.5 Å². The van der Waals surface area contributed by atoms with Gasteiger partial charge in [0.05, 0.1) is 10.9 Å². The Hall–Kier alpha value is -1.83. The van der Waals surface area contributed by atoms with Crippen LogP contribution in [0.3, 0.4) is 0 Å². The summed E-state index contributed by atoms with van der Waals surface area (Å²) < 4.78 is 27.9. The van der Waals surface area contributed by atoms with Gasteiger partial charge in [0.15, 0.2) is 0 Å². The number of rotatable bonds is 9. The van der Waals surface area contributed by atoms with Crippen LogP contribution in [0.15, 0.2) is 59.5 Å². The van der Waals surface area contributed by atoms with Crippen molar-refractivity contribution in [1.82, 2.24) is 10.0 Å². The fourth-order valence-electron chi connectivity index (χ4n) is 2.59. The fourth-order valence-corrected chi connectivity index (χ4v) is 4.29. The minimum absolute atomic E-state index is 0.158. The minimum atomic E-state index is -3.77. The molecule has 2 aromatic carbocycles. The van der Waals surface area contributed by atoms with Gasteiger partial charge in [0.25, 0.3) is 0 Å². The Morgan fingerprint density at radius 1 is 1.07 bits per heavy atom. The summed E-state index contributed by atoms with van der Waals surface area (Å²) in [7, 11) is -3.77. The van der Waals surface area contributed by atoms with E-state index in [4.69, 9.17) is 0 Å². The molecular formula is C20H26N2O3S2. The smallest absolute Gasteiger partial charge is 0.241 e. The van der Waals surface area contributed by atoms with Gasteiger partial charge >= 0.3 is 0 Å². The van der Waals surface area contributed by atoms with Gasteiger partial charge in [-0.25, -0.2) is 8.42 Å². The van der Waals surface area contributed by atoms with Crippen molar-refractivity contribution in [2.24, 2.45) is 0 Å². The van der Waals surface area contributed by atoms with Gasteiger partial charge in [-0.05, 0) is 50.0 Å². The lowest BCUT2D eigenvalue weighted by Gasteiger charge is -2.21. The van der Waals surface area contributed by atoms with Crippen LogP contribution in [0, 0.1) is 6.92 Å². The van der Waals surface area contributed by atoms with Crippen molar-refractivity contribution in [3.8, 4) is 0 Å². The van der Waals surface area contributed by atoms with E-state index in [1.54, 1.807) is 36.0 Å². The number of benzene rings is 2. The van der Waals surface area contributed by atoms with E-state index in [9.17, 15) is 13.2 Å². The maximum Gasteiger partial charge on any atom is 0.241 e. The van der Waals surface area contributed by atoms with E-state index in [-0.39, 0.29) is 16.8 Å². The summed E-state index contributed by atoms with van der Waals surface area (Å²) in [6, 6.07) is 15.1. The van der Waals surface area contributed by atoms with E-state index in [0.29, 0.717) is 12.2 Å². The summed E-state index contributed by atoms with van der Waals surface area (Å²) in [6.45, 7) is 3.77. The molecule has 2 unspecified atom stereocenters. The summed E-state index contributed by atoms with van der Waals surface area (Å²) in [4.78, 5) is 12.9. The van der Waals surface area contributed by atoms with Gasteiger partial charge in [-0.15, -0.1) is 0 Å². The third-order valence-corrected chi connectivity index (χ3v) is 6.35. The molecule has 5 nitrogen and oxygen atoms in total. The van der Waals surface area contributed by atoms with Crippen molar-refractivity contribution < 1.29 is 13.2 Å². The first-order chi connectivity index (χ1) is 12.8. The molecule has 0 bridgehead atoms. The molecule has 2 N–H and O–H groups in total. The molecule has 1 amide bonds. The monoisotopic (exact) mass is 406 g/mol. The topological polar surface area (TPSA) is 75.3 Å². The average molecular weight is 407 g/mol. The van der Waals surface area contributed by atoms with Crippen molar-refractivity contribution in [3.05, 3.63) is 65.7 Å². The first-order valence-corrected chi connectivity index (χ1v) is 11.6. The van der Waals surface area contributed by atoms with E-state index in [2.05, 4.69) is 10.0 Å². The summed E-state index contributed by atoms with van der Waals surface area (Å²) >= 11 is 1.57. The van der Waals surface area contributed by atoms with Crippen LogP contribution in [0.25, 0.3) is 0 Å². The third-order valence-electron chi connectivity index (χ3n) is 4.21. The van der Waals surface area contributed by atoms with Gasteiger partial charge in [0.1, 0.15) is 6.04 Å². The maximum absolute atomic E-state index is 12.7. The Labute approximate surface area is 166 Å². The first-order valence-electron chi connectivity index (χ1n) is 8.76. The zero-order chi connectivity index (χ0) is 19.9. The molecule has 0 heterocycles. The lowest BCUT2D eigenvalue weighted by molar-refractivity contribution is -0.123. The molecule has 2 aromatic rings. The summed E-state index contributed by atoms with van der Waals surface area (Å²) in [5, 5.41) is 2.91. The van der Waals surface area contributed by atoms with Gasteiger partial charge in [0.2, 0.25) is 15.9 Å². The molecule has 0 spiro atoms. The molecule has 2 rings (SSSR count). The zero-order valence-corrected chi connectivity index (χ0v) is 17.4. The van der Waals surface area contributed by atoms with Crippen LogP contribution in [-0.2, 0) is 14.8 Å². The molecule has 0 aliphatic rings. The Kier molecular flexibility index (Phi) is 7.89. The average Bonchev–Trinajstić information content (AvgIpc) is 2.66. The number of hydrogen-bond acceptors (Lipinski definition) is 4. The molecule has 0 aliphatic heterocycles. The standard InChI is InChI=1S/C20H26N2O3S2/c1-15-9-11-18(12-10-15)27(24,25)22-19(13-14-26-3)20(23)21-16(2)17-7-5-4-6-8-17/h4-12,16,19,22H,13-14H2,1-3H3,(H,21,23). The molecule has 0 aliphatic carbocycles. The van der Waals surface area contributed by atoms with E-state index in [1.807, 2.05) is 50.4 Å². The van der Waals surface area contributed by atoms with E-state index in [0.717, 1.165) is 11.1 Å². The largest absolute Gasteiger partial charge is 0.348 e. The van der Waals surface area contributed by atoms with Crippen molar-refractivity contribution in [2.75, 3.05) is 12.0 Å². The summed E-state index contributed by atoms with van der Waals surface area (Å²) in [6.07, 6.45) is 2.34. The SMILES string of the molecule is CSCCC(NS(=O)(=O)c1ccc(C)cc1)C(=O)NC(C)c1ccccc1. The summed E-state index contributed by atoms with van der Waals surface area (Å²) in [5.74, 6) is 0.352. The first kappa shape index (κ1) is 21.5. The highest BCUT2D eigenvalue weighted by atomic mass is 32.2. The molecular weight excluding hydrogens is 380 g/mol. The van der Waals surface area contributed by atoms with Crippen LogP contribution >= 0.6 is 11.8 Å². The number of carbonyl (C=O) groups is 1. The second-order valence-corrected chi connectivity index (χ2v) is 9.11. The predicted octanol–water partition coefficient (Wildman–Crippen LogP) is 3.27. The van der Waals surface area contributed by atoms with Crippen LogP contribution < -0.4 is 10.0 Å². The van der Waals surface area contributed by atoms with E-state index < -0.39 is 16.1 Å². The highest BCUT2D eigenvalue weighted by Crippen LogP contribution is 2.15. The number of aryl methyl sites for hydroxylation is 1.